The van der Waals surface area contributed by atoms with E-state index in [1.165, 1.54) is 0 Å². The van der Waals surface area contributed by atoms with Crippen LogP contribution in [0.4, 0.5) is 0 Å². The van der Waals surface area contributed by atoms with Crippen molar-refractivity contribution in [3.05, 3.63) is 35.9 Å². The second-order valence-corrected chi connectivity index (χ2v) is 5.08. The van der Waals surface area contributed by atoms with Crippen LogP contribution in [-0.2, 0) is 25.6 Å². The molecule has 0 aliphatic carbocycles. The highest BCUT2D eigenvalue weighted by Crippen LogP contribution is 2.04. The third kappa shape index (κ3) is 6.44. The van der Waals surface area contributed by atoms with Gasteiger partial charge in [-0.25, -0.2) is 4.79 Å². The molecule has 9 nitrogen and oxygen atoms in total. The highest BCUT2D eigenvalue weighted by molar-refractivity contribution is 5.92. The van der Waals surface area contributed by atoms with Crippen molar-refractivity contribution in [2.75, 3.05) is 6.54 Å². The van der Waals surface area contributed by atoms with Gasteiger partial charge in [0, 0.05) is 6.42 Å². The lowest BCUT2D eigenvalue weighted by molar-refractivity contribution is -0.143. The largest absolute Gasteiger partial charge is 0.480 e. The molecule has 2 unspecified atom stereocenters. The number of primary amides is 1. The molecule has 2 atom stereocenters. The van der Waals surface area contributed by atoms with E-state index in [2.05, 4.69) is 10.6 Å². The SMILES string of the molecule is NCC(=O)NC(Cc1ccccc1)C(=O)NC(CC(N)=O)C(=O)O. The predicted molar refractivity (Wildman–Crippen MR) is 84.5 cm³/mol. The molecule has 0 bridgehead atoms. The Labute approximate surface area is 138 Å². The van der Waals surface area contributed by atoms with Gasteiger partial charge in [0.15, 0.2) is 0 Å². The number of aliphatic carboxylic acids is 1. The minimum Gasteiger partial charge on any atom is -0.480 e. The Morgan fingerprint density at radius 2 is 1.67 bits per heavy atom. The summed E-state index contributed by atoms with van der Waals surface area (Å²) < 4.78 is 0. The van der Waals surface area contributed by atoms with E-state index >= 15 is 0 Å². The van der Waals surface area contributed by atoms with E-state index in [9.17, 15) is 19.2 Å². The van der Waals surface area contributed by atoms with Gasteiger partial charge in [-0.2, -0.15) is 0 Å². The molecular formula is C15H20N4O5. The smallest absolute Gasteiger partial charge is 0.326 e. The quantitative estimate of drug-likeness (QED) is 0.354. The van der Waals surface area contributed by atoms with Gasteiger partial charge < -0.3 is 27.2 Å². The lowest BCUT2D eigenvalue weighted by Crippen LogP contribution is -2.54. The van der Waals surface area contributed by atoms with Gasteiger partial charge in [-0.1, -0.05) is 30.3 Å². The maximum absolute atomic E-state index is 12.3. The Morgan fingerprint density at radius 3 is 2.17 bits per heavy atom. The number of benzene rings is 1. The number of carbonyl (C=O) groups is 4. The van der Waals surface area contributed by atoms with E-state index in [0.29, 0.717) is 0 Å². The molecule has 0 aromatic heterocycles. The van der Waals surface area contributed by atoms with Gasteiger partial charge in [0.1, 0.15) is 12.1 Å². The van der Waals surface area contributed by atoms with Crippen LogP contribution in [0, 0.1) is 0 Å². The molecule has 1 aromatic rings. The molecular weight excluding hydrogens is 316 g/mol. The van der Waals surface area contributed by atoms with E-state index < -0.39 is 42.2 Å². The van der Waals surface area contributed by atoms with Gasteiger partial charge in [0.2, 0.25) is 17.7 Å². The molecule has 0 aliphatic rings. The summed E-state index contributed by atoms with van der Waals surface area (Å²) in [6, 6.07) is 6.34. The van der Waals surface area contributed by atoms with Crippen LogP contribution in [-0.4, -0.2) is 47.4 Å². The molecule has 0 heterocycles. The predicted octanol–water partition coefficient (Wildman–Crippen LogP) is -1.88. The number of hydrogen-bond acceptors (Lipinski definition) is 5. The van der Waals surface area contributed by atoms with Crippen LogP contribution in [0.5, 0.6) is 0 Å². The van der Waals surface area contributed by atoms with Gasteiger partial charge in [-0.15, -0.1) is 0 Å². The number of nitrogens with two attached hydrogens (primary N) is 2. The molecule has 0 aliphatic heterocycles. The zero-order valence-electron chi connectivity index (χ0n) is 12.9. The molecule has 24 heavy (non-hydrogen) atoms. The van der Waals surface area contributed by atoms with Crippen LogP contribution < -0.4 is 22.1 Å². The molecule has 130 valence electrons. The summed E-state index contributed by atoms with van der Waals surface area (Å²) in [7, 11) is 0. The van der Waals surface area contributed by atoms with E-state index in [1.54, 1.807) is 30.3 Å². The van der Waals surface area contributed by atoms with Crippen molar-refractivity contribution in [3.8, 4) is 0 Å². The van der Waals surface area contributed by atoms with Gasteiger partial charge in [-0.05, 0) is 5.56 Å². The van der Waals surface area contributed by atoms with Gasteiger partial charge in [-0.3, -0.25) is 14.4 Å². The third-order valence-corrected chi connectivity index (χ3v) is 3.14. The van der Waals surface area contributed by atoms with Crippen molar-refractivity contribution in [1.29, 1.82) is 0 Å². The third-order valence-electron chi connectivity index (χ3n) is 3.14. The minimum absolute atomic E-state index is 0.140. The number of nitrogens with one attached hydrogen (secondary N) is 2. The van der Waals surface area contributed by atoms with Crippen LogP contribution >= 0.6 is 0 Å². The zero-order chi connectivity index (χ0) is 18.1. The van der Waals surface area contributed by atoms with Gasteiger partial charge in [0.05, 0.1) is 13.0 Å². The first-order valence-corrected chi connectivity index (χ1v) is 7.18. The number of rotatable bonds is 9. The van der Waals surface area contributed by atoms with Crippen molar-refractivity contribution in [1.82, 2.24) is 10.6 Å². The Hall–Kier alpha value is -2.94. The van der Waals surface area contributed by atoms with Crippen LogP contribution in [0.1, 0.15) is 12.0 Å². The van der Waals surface area contributed by atoms with E-state index in [4.69, 9.17) is 16.6 Å². The monoisotopic (exact) mass is 336 g/mol. The molecule has 1 aromatic carbocycles. The number of carbonyl (C=O) groups excluding carboxylic acids is 3. The fraction of sp³-hybridized carbons (Fsp3) is 0.333. The Morgan fingerprint density at radius 1 is 1.04 bits per heavy atom. The topological polar surface area (TPSA) is 165 Å². The summed E-state index contributed by atoms with van der Waals surface area (Å²) in [4.78, 5) is 45.8. The molecule has 9 heteroatoms. The number of hydrogen-bond donors (Lipinski definition) is 5. The fourth-order valence-corrected chi connectivity index (χ4v) is 1.99. The van der Waals surface area contributed by atoms with Gasteiger partial charge in [0.25, 0.3) is 0 Å². The van der Waals surface area contributed by atoms with Gasteiger partial charge >= 0.3 is 5.97 Å². The highest BCUT2D eigenvalue weighted by atomic mass is 16.4. The van der Waals surface area contributed by atoms with Crippen molar-refractivity contribution < 1.29 is 24.3 Å². The summed E-state index contributed by atoms with van der Waals surface area (Å²) in [5.74, 6) is -3.57. The summed E-state index contributed by atoms with van der Waals surface area (Å²) >= 11 is 0. The molecule has 1 rings (SSSR count). The first-order chi connectivity index (χ1) is 11.3. The summed E-state index contributed by atoms with van der Waals surface area (Å²) in [6.07, 6.45) is -0.411. The minimum atomic E-state index is -1.47. The number of carboxylic acids is 1. The second-order valence-electron chi connectivity index (χ2n) is 5.08. The first kappa shape index (κ1) is 19.1. The molecule has 3 amide bonds. The fourth-order valence-electron chi connectivity index (χ4n) is 1.99. The molecule has 0 saturated carbocycles. The van der Waals surface area contributed by atoms with E-state index in [1.807, 2.05) is 0 Å². The average molecular weight is 336 g/mol. The van der Waals surface area contributed by atoms with E-state index in [0.717, 1.165) is 5.56 Å². The molecule has 0 saturated heterocycles. The zero-order valence-corrected chi connectivity index (χ0v) is 12.9. The van der Waals surface area contributed by atoms with Crippen molar-refractivity contribution in [2.24, 2.45) is 11.5 Å². The highest BCUT2D eigenvalue weighted by Gasteiger charge is 2.27. The first-order valence-electron chi connectivity index (χ1n) is 7.18. The lowest BCUT2D eigenvalue weighted by atomic mass is 10.0. The molecule has 0 radical (unpaired) electrons. The van der Waals surface area contributed by atoms with Crippen LogP contribution in [0.15, 0.2) is 30.3 Å². The Balaban J connectivity index is 2.87. The summed E-state index contributed by atoms with van der Waals surface area (Å²) in [5.41, 5.74) is 11.0. The average Bonchev–Trinajstić information content (AvgIpc) is 2.53. The Bertz CT molecular complexity index is 605. The van der Waals surface area contributed by atoms with Crippen LogP contribution in [0.2, 0.25) is 0 Å². The van der Waals surface area contributed by atoms with Crippen molar-refractivity contribution in [3.63, 3.8) is 0 Å². The maximum Gasteiger partial charge on any atom is 0.326 e. The van der Waals surface area contributed by atoms with Crippen LogP contribution in [0.3, 0.4) is 0 Å². The standard InChI is InChI=1S/C15H20N4O5/c16-8-13(21)18-10(6-9-4-2-1-3-5-9)14(22)19-11(15(23)24)7-12(17)20/h1-5,10-11H,6-8,16H2,(H2,17,20)(H,18,21)(H,19,22)(H,23,24). The molecule has 0 spiro atoms. The van der Waals surface area contributed by atoms with Crippen LogP contribution in [0.25, 0.3) is 0 Å². The molecule has 0 fully saturated rings. The normalized spacial score (nSPS) is 12.7. The number of carboxylic acid groups (broad SMARTS) is 1. The number of amides is 3. The lowest BCUT2D eigenvalue weighted by Gasteiger charge is -2.21. The van der Waals surface area contributed by atoms with E-state index in [-0.39, 0.29) is 13.0 Å². The summed E-state index contributed by atoms with van der Waals surface area (Å²) in [6.45, 7) is -0.317. The maximum atomic E-state index is 12.3. The van der Waals surface area contributed by atoms with Crippen molar-refractivity contribution >= 4 is 23.7 Å². The molecule has 7 N–H and O–H groups in total. The Kier molecular flexibility index (Phi) is 7.37. The van der Waals surface area contributed by atoms with Crippen molar-refractivity contribution in [2.45, 2.75) is 24.9 Å². The second kappa shape index (κ2) is 9.26. The summed E-state index contributed by atoms with van der Waals surface area (Å²) in [5, 5.41) is 13.7.